The summed E-state index contributed by atoms with van der Waals surface area (Å²) in [4.78, 5) is 29.4. The van der Waals surface area contributed by atoms with Crippen LogP contribution in [0.5, 0.6) is 5.75 Å². The zero-order valence-electron chi connectivity index (χ0n) is 18.7. The van der Waals surface area contributed by atoms with Crippen molar-refractivity contribution in [2.75, 3.05) is 18.6 Å². The fourth-order valence-corrected chi connectivity index (χ4v) is 6.67. The van der Waals surface area contributed by atoms with E-state index in [1.54, 1.807) is 22.7 Å². The Morgan fingerprint density at radius 2 is 1.97 bits per heavy atom. The fraction of sp³-hybridized carbons (Fsp3) is 0.308. The number of rotatable bonds is 1. The SMILES string of the molecule is O=C1c2c(O)c(=O)cc(-c3cc(F)cc4c3Cc3ccccc3SC4)n2N[C@@H]2COCC3(CC3)N12. The molecule has 7 rings (SSSR count). The van der Waals surface area contributed by atoms with Crippen LogP contribution in [0, 0.1) is 5.82 Å². The zero-order valence-corrected chi connectivity index (χ0v) is 19.5. The molecule has 4 aliphatic rings. The highest BCUT2D eigenvalue weighted by Gasteiger charge is 2.57. The van der Waals surface area contributed by atoms with Gasteiger partial charge in [0, 0.05) is 22.3 Å². The lowest BCUT2D eigenvalue weighted by Gasteiger charge is -2.47. The fourth-order valence-electron chi connectivity index (χ4n) is 5.61. The van der Waals surface area contributed by atoms with Gasteiger partial charge in [0.2, 0.25) is 5.43 Å². The van der Waals surface area contributed by atoms with E-state index in [0.29, 0.717) is 30.0 Å². The third-order valence-corrected chi connectivity index (χ3v) is 8.66. The first kappa shape index (κ1) is 21.0. The topological polar surface area (TPSA) is 83.8 Å². The first-order valence-electron chi connectivity index (χ1n) is 11.6. The Bertz CT molecular complexity index is 1480. The normalized spacial score (nSPS) is 21.3. The van der Waals surface area contributed by atoms with Gasteiger partial charge in [-0.2, -0.15) is 0 Å². The molecule has 1 saturated carbocycles. The number of nitrogens with zero attached hydrogens (tertiary/aromatic N) is 2. The monoisotopic (exact) mass is 491 g/mol. The number of hydrogen-bond acceptors (Lipinski definition) is 6. The number of morpholine rings is 1. The zero-order chi connectivity index (χ0) is 23.9. The summed E-state index contributed by atoms with van der Waals surface area (Å²) in [6.07, 6.45) is 1.75. The predicted octanol–water partition coefficient (Wildman–Crippen LogP) is 3.44. The van der Waals surface area contributed by atoms with Crippen molar-refractivity contribution in [3.8, 4) is 17.0 Å². The van der Waals surface area contributed by atoms with Crippen LogP contribution in [-0.2, 0) is 16.9 Å². The van der Waals surface area contributed by atoms with Crippen molar-refractivity contribution >= 4 is 17.7 Å². The number of nitrogens with one attached hydrogen (secondary N) is 1. The van der Waals surface area contributed by atoms with Gasteiger partial charge in [0.25, 0.3) is 5.91 Å². The minimum Gasteiger partial charge on any atom is -0.502 e. The van der Waals surface area contributed by atoms with E-state index in [4.69, 9.17) is 4.74 Å². The molecule has 2 aromatic carbocycles. The van der Waals surface area contributed by atoms with Gasteiger partial charge in [-0.1, -0.05) is 18.2 Å². The van der Waals surface area contributed by atoms with Gasteiger partial charge in [-0.15, -0.1) is 11.8 Å². The number of amides is 1. The van der Waals surface area contributed by atoms with Crippen LogP contribution in [0.1, 0.15) is 40.0 Å². The van der Waals surface area contributed by atoms with Crippen molar-refractivity contribution in [1.29, 1.82) is 0 Å². The number of ether oxygens (including phenoxy) is 1. The molecule has 178 valence electrons. The third kappa shape index (κ3) is 3.07. The average Bonchev–Trinajstić information content (AvgIpc) is 3.63. The van der Waals surface area contributed by atoms with E-state index in [1.807, 2.05) is 12.1 Å². The molecule has 1 spiro atoms. The van der Waals surface area contributed by atoms with E-state index in [0.717, 1.165) is 34.4 Å². The number of benzene rings is 2. The molecule has 3 aliphatic heterocycles. The molecule has 0 bridgehead atoms. The molecule has 2 fully saturated rings. The molecular weight excluding hydrogens is 469 g/mol. The molecule has 0 unspecified atom stereocenters. The Balaban J connectivity index is 1.45. The maximum absolute atomic E-state index is 14.9. The molecule has 2 N–H and O–H groups in total. The lowest BCUT2D eigenvalue weighted by Crippen LogP contribution is -2.64. The van der Waals surface area contributed by atoms with Crippen molar-refractivity contribution in [2.24, 2.45) is 0 Å². The van der Waals surface area contributed by atoms with Crippen LogP contribution in [0.2, 0.25) is 0 Å². The second-order valence-corrected chi connectivity index (χ2v) is 10.7. The van der Waals surface area contributed by atoms with Crippen molar-refractivity contribution in [3.05, 3.63) is 80.9 Å². The van der Waals surface area contributed by atoms with Crippen LogP contribution in [0.25, 0.3) is 11.3 Å². The van der Waals surface area contributed by atoms with Gasteiger partial charge in [0.05, 0.1) is 24.4 Å². The number of fused-ring (bicyclic) bond motifs is 5. The molecule has 9 heteroatoms. The summed E-state index contributed by atoms with van der Waals surface area (Å²) in [6, 6.07) is 12.3. The number of pyridine rings is 1. The van der Waals surface area contributed by atoms with Gasteiger partial charge in [-0.3, -0.25) is 9.59 Å². The number of aromatic nitrogens is 1. The Morgan fingerprint density at radius 1 is 1.14 bits per heavy atom. The summed E-state index contributed by atoms with van der Waals surface area (Å²) in [6.45, 7) is 0.723. The van der Waals surface area contributed by atoms with Crippen LogP contribution in [0.4, 0.5) is 4.39 Å². The second-order valence-electron chi connectivity index (χ2n) is 9.65. The molecule has 35 heavy (non-hydrogen) atoms. The number of halogens is 1. The van der Waals surface area contributed by atoms with Crippen molar-refractivity contribution in [2.45, 2.75) is 41.6 Å². The molecule has 1 aromatic heterocycles. The summed E-state index contributed by atoms with van der Waals surface area (Å²) in [5.41, 5.74) is 5.87. The van der Waals surface area contributed by atoms with Crippen molar-refractivity contribution in [3.63, 3.8) is 0 Å². The van der Waals surface area contributed by atoms with E-state index in [2.05, 4.69) is 17.6 Å². The van der Waals surface area contributed by atoms with Gasteiger partial charge in [-0.25, -0.2) is 9.07 Å². The van der Waals surface area contributed by atoms with Gasteiger partial charge >= 0.3 is 0 Å². The van der Waals surface area contributed by atoms with Crippen LogP contribution in [0.3, 0.4) is 0 Å². The van der Waals surface area contributed by atoms with E-state index in [9.17, 15) is 19.1 Å². The Kier molecular flexibility index (Phi) is 4.41. The molecule has 3 aromatic rings. The van der Waals surface area contributed by atoms with E-state index in [1.165, 1.54) is 16.8 Å². The number of carbonyl (C=O) groups is 1. The average molecular weight is 492 g/mol. The van der Waals surface area contributed by atoms with Crippen LogP contribution in [-0.4, -0.2) is 45.5 Å². The quantitative estimate of drug-likeness (QED) is 0.543. The first-order chi connectivity index (χ1) is 16.9. The predicted molar refractivity (Wildman–Crippen MR) is 129 cm³/mol. The van der Waals surface area contributed by atoms with Gasteiger partial charge in [0.1, 0.15) is 12.0 Å². The summed E-state index contributed by atoms with van der Waals surface area (Å²) < 4.78 is 22.2. The summed E-state index contributed by atoms with van der Waals surface area (Å²) in [5.74, 6) is -0.836. The maximum atomic E-state index is 14.9. The minimum atomic E-state index is -0.667. The minimum absolute atomic E-state index is 0.113. The lowest BCUT2D eigenvalue weighted by atomic mass is 9.93. The van der Waals surface area contributed by atoms with Crippen molar-refractivity contribution < 1.29 is 19.0 Å². The van der Waals surface area contributed by atoms with Crippen LogP contribution < -0.4 is 10.9 Å². The molecule has 1 aliphatic carbocycles. The Morgan fingerprint density at radius 3 is 2.80 bits per heavy atom. The highest BCUT2D eigenvalue weighted by Crippen LogP contribution is 2.47. The van der Waals surface area contributed by atoms with E-state index < -0.39 is 34.6 Å². The van der Waals surface area contributed by atoms with Gasteiger partial charge < -0.3 is 20.2 Å². The molecule has 1 saturated heterocycles. The van der Waals surface area contributed by atoms with Crippen molar-refractivity contribution in [1.82, 2.24) is 9.58 Å². The Hall–Kier alpha value is -3.30. The lowest BCUT2D eigenvalue weighted by molar-refractivity contribution is -0.0463. The molecule has 4 heterocycles. The maximum Gasteiger partial charge on any atom is 0.278 e. The summed E-state index contributed by atoms with van der Waals surface area (Å²) in [7, 11) is 0. The van der Waals surface area contributed by atoms with Crippen LogP contribution >= 0.6 is 11.8 Å². The van der Waals surface area contributed by atoms with Crippen LogP contribution in [0.15, 0.2) is 52.2 Å². The summed E-state index contributed by atoms with van der Waals surface area (Å²) in [5, 5.41) is 10.7. The smallest absolute Gasteiger partial charge is 0.278 e. The van der Waals surface area contributed by atoms with E-state index in [-0.39, 0.29) is 12.3 Å². The molecular formula is C26H22FN3O4S. The highest BCUT2D eigenvalue weighted by molar-refractivity contribution is 7.98. The largest absolute Gasteiger partial charge is 0.502 e. The number of hydrogen-bond donors (Lipinski definition) is 2. The third-order valence-electron chi connectivity index (χ3n) is 7.49. The van der Waals surface area contributed by atoms with E-state index >= 15 is 0 Å². The first-order valence-corrected chi connectivity index (χ1v) is 12.6. The summed E-state index contributed by atoms with van der Waals surface area (Å²) >= 11 is 1.65. The molecule has 0 radical (unpaired) electrons. The number of thioether (sulfide) groups is 1. The molecule has 7 nitrogen and oxygen atoms in total. The van der Waals surface area contributed by atoms with Gasteiger partial charge in [0.15, 0.2) is 11.4 Å². The Labute approximate surface area is 204 Å². The molecule has 1 atom stereocenters. The highest BCUT2D eigenvalue weighted by atomic mass is 32.2. The number of aromatic hydroxyl groups is 1. The second kappa shape index (κ2) is 7.35. The van der Waals surface area contributed by atoms with Gasteiger partial charge in [-0.05, 0) is 54.2 Å². The standard InChI is InChI=1S/C26H22FN3O4S/c27-16-7-15-12-35-21-4-2-1-3-14(21)8-17(15)18(9-16)19-10-20(31)24(32)23-25(33)29-22(28-30(19)23)11-34-13-26(29)5-6-26/h1-4,7,9-10,22,28,32H,5-6,8,11-13H2/t22-/m0/s1. The number of carbonyl (C=O) groups excluding carboxylic acids is 1. The molecule has 1 amide bonds.